The third-order valence-electron chi connectivity index (χ3n) is 11.6. The second-order valence-electron chi connectivity index (χ2n) is 19.6. The highest BCUT2D eigenvalue weighted by Gasteiger charge is 2.27. The van der Waals surface area contributed by atoms with Gasteiger partial charge in [0.05, 0.1) is 39.9 Å². The fraction of sp³-hybridized carbons (Fsp3) is 0.656. The van der Waals surface area contributed by atoms with E-state index in [1.807, 2.05) is 27.2 Å². The normalized spacial score (nSPS) is 14.9. The van der Waals surface area contributed by atoms with Gasteiger partial charge in [0.15, 0.2) is 0 Å². The monoisotopic (exact) mass is 994 g/mol. The molecule has 8 nitrogen and oxygen atoms in total. The Labute approximate surface area is 431 Å². The largest absolute Gasteiger partial charge is 0.472 e. The van der Waals surface area contributed by atoms with Gasteiger partial charge >= 0.3 is 7.82 Å². The van der Waals surface area contributed by atoms with Crippen LogP contribution in [0.5, 0.6) is 0 Å². The van der Waals surface area contributed by atoms with Gasteiger partial charge in [-0.1, -0.05) is 219 Å². The Morgan fingerprint density at radius 1 is 0.500 bits per heavy atom. The molecular formula is C61H106N2O6P+. The summed E-state index contributed by atoms with van der Waals surface area (Å²) in [6, 6.07) is -0.885. The molecule has 9 heteroatoms. The zero-order valence-electron chi connectivity index (χ0n) is 45.5. The van der Waals surface area contributed by atoms with Gasteiger partial charge < -0.3 is 19.8 Å². The number of hydrogen-bond donors (Lipinski definition) is 3. The summed E-state index contributed by atoms with van der Waals surface area (Å²) in [5.41, 5.74) is 0. The average Bonchev–Trinajstić information content (AvgIpc) is 3.32. The molecule has 0 rings (SSSR count). The van der Waals surface area contributed by atoms with Crippen LogP contribution in [0.4, 0.5) is 0 Å². The van der Waals surface area contributed by atoms with Crippen molar-refractivity contribution in [3.8, 4) is 0 Å². The van der Waals surface area contributed by atoms with E-state index in [1.165, 1.54) is 83.5 Å². The van der Waals surface area contributed by atoms with E-state index in [9.17, 15) is 19.4 Å². The summed E-state index contributed by atoms with van der Waals surface area (Å²) in [4.78, 5) is 23.3. The Morgan fingerprint density at radius 3 is 1.31 bits per heavy atom. The number of carbonyl (C=O) groups excluding carboxylic acids is 1. The quantitative estimate of drug-likeness (QED) is 0.0243. The Bertz CT molecular complexity index is 1550. The topological polar surface area (TPSA) is 105 Å². The van der Waals surface area contributed by atoms with Gasteiger partial charge in [-0.05, 0) is 103 Å². The molecule has 0 aliphatic rings. The van der Waals surface area contributed by atoms with Crippen molar-refractivity contribution < 1.29 is 32.9 Å². The Morgan fingerprint density at radius 2 is 0.871 bits per heavy atom. The molecule has 0 aromatic rings. The number of aliphatic hydroxyl groups excluding tert-OH is 1. The fourth-order valence-electron chi connectivity index (χ4n) is 7.29. The number of nitrogens with one attached hydrogen (secondary N) is 1. The molecule has 0 radical (unpaired) electrons. The van der Waals surface area contributed by atoms with Gasteiger partial charge in [0.2, 0.25) is 5.91 Å². The molecule has 3 unspecified atom stereocenters. The molecule has 0 bridgehead atoms. The highest BCUT2D eigenvalue weighted by atomic mass is 31.2. The number of phosphoric acid groups is 1. The molecule has 3 N–H and O–H groups in total. The van der Waals surface area contributed by atoms with Crippen LogP contribution in [0.25, 0.3) is 0 Å². The summed E-state index contributed by atoms with van der Waals surface area (Å²) < 4.78 is 23.7. The number of phosphoric ester groups is 1. The zero-order chi connectivity index (χ0) is 51.3. The third kappa shape index (κ3) is 52.7. The minimum absolute atomic E-state index is 0.0443. The maximum Gasteiger partial charge on any atom is 0.472 e. The first-order chi connectivity index (χ1) is 34.0. The van der Waals surface area contributed by atoms with Crippen molar-refractivity contribution in [2.45, 2.75) is 219 Å². The van der Waals surface area contributed by atoms with E-state index in [2.05, 4.69) is 129 Å². The number of aliphatic hydroxyl groups is 1. The Hall–Kier alpha value is -3.10. The van der Waals surface area contributed by atoms with Crippen LogP contribution in [-0.4, -0.2) is 73.4 Å². The van der Waals surface area contributed by atoms with Crippen molar-refractivity contribution in [2.24, 2.45) is 0 Å². The molecule has 0 aliphatic carbocycles. The molecule has 3 atom stereocenters. The molecule has 0 saturated carbocycles. The number of rotatable bonds is 49. The van der Waals surface area contributed by atoms with Crippen LogP contribution in [0.3, 0.4) is 0 Å². The number of amides is 1. The summed E-state index contributed by atoms with van der Waals surface area (Å²) in [5.74, 6) is -0.208. The predicted molar refractivity (Wildman–Crippen MR) is 304 cm³/mol. The minimum atomic E-state index is -4.37. The number of carbonyl (C=O) groups is 1. The van der Waals surface area contributed by atoms with Crippen LogP contribution in [0.15, 0.2) is 122 Å². The number of hydrogen-bond acceptors (Lipinski definition) is 5. The van der Waals surface area contributed by atoms with Gasteiger partial charge in [0, 0.05) is 6.42 Å². The van der Waals surface area contributed by atoms with Gasteiger partial charge in [-0.3, -0.25) is 13.8 Å². The van der Waals surface area contributed by atoms with Crippen molar-refractivity contribution in [3.05, 3.63) is 122 Å². The number of unbranched alkanes of at least 4 members (excludes halogenated alkanes) is 18. The first-order valence-electron chi connectivity index (χ1n) is 27.9. The molecular weight excluding hydrogens is 888 g/mol. The van der Waals surface area contributed by atoms with E-state index in [0.29, 0.717) is 17.4 Å². The summed E-state index contributed by atoms with van der Waals surface area (Å²) in [6.45, 7) is 4.65. The molecule has 400 valence electrons. The van der Waals surface area contributed by atoms with E-state index >= 15 is 0 Å². The fourth-order valence-corrected chi connectivity index (χ4v) is 8.02. The van der Waals surface area contributed by atoms with Crippen molar-refractivity contribution in [1.29, 1.82) is 0 Å². The first kappa shape index (κ1) is 66.9. The van der Waals surface area contributed by atoms with Gasteiger partial charge in [-0.25, -0.2) is 4.57 Å². The molecule has 0 aromatic carbocycles. The van der Waals surface area contributed by atoms with Crippen molar-refractivity contribution in [3.63, 3.8) is 0 Å². The lowest BCUT2D eigenvalue weighted by Crippen LogP contribution is -2.45. The maximum absolute atomic E-state index is 13.0. The highest BCUT2D eigenvalue weighted by Crippen LogP contribution is 2.43. The molecule has 0 aliphatic heterocycles. The van der Waals surface area contributed by atoms with E-state index in [-0.39, 0.29) is 19.1 Å². The van der Waals surface area contributed by atoms with Crippen LogP contribution in [0.2, 0.25) is 0 Å². The molecule has 0 saturated heterocycles. The van der Waals surface area contributed by atoms with Gasteiger partial charge in [-0.15, -0.1) is 0 Å². The summed E-state index contributed by atoms with van der Waals surface area (Å²) in [7, 11) is 1.52. The summed E-state index contributed by atoms with van der Waals surface area (Å²) >= 11 is 0. The average molecular weight is 995 g/mol. The van der Waals surface area contributed by atoms with E-state index < -0.39 is 20.0 Å². The SMILES string of the molecule is CC/C=C\C/C=C\C/C=C\C/C=C\C/C=C\C/C=C\C/C=C\CCCCCCCCCC(=O)NC(COP(=O)(O)OCC[N+](C)(C)C)C(O)/C=C/CC/C=C/CC/C=C/CCCCCCCCCCC. The smallest absolute Gasteiger partial charge is 0.387 e. The third-order valence-corrected chi connectivity index (χ3v) is 12.6. The standard InChI is InChI=1S/C61H105N2O6P/c1-6-8-10-12-14-16-18-20-22-24-26-27-28-29-30-31-32-33-34-35-37-39-41-43-45-47-49-51-53-55-61(65)62-59(58-69-70(66,67)68-57-56-63(3,4)5)60(64)54-52-50-48-46-44-42-40-38-36-25-23-21-19-17-15-13-11-9-7-2/h8,10,14,16,20,22,26-27,29-30,32-33,35-38,44,46,52,54,59-60,64H,6-7,9,11-13,15,17-19,21,23-25,28,31,34,39-43,45,47-51,53,55-58H2,1-5H3,(H-,62,65,66,67)/p+1/b10-8-,16-14-,22-20-,27-26-,30-29-,33-32-,37-35-,38-36+,46-44+,54-52+. The van der Waals surface area contributed by atoms with Gasteiger partial charge in [0.1, 0.15) is 13.2 Å². The number of likely N-dealkylation sites (N-methyl/N-ethyl adjacent to an activating group) is 1. The summed E-state index contributed by atoms with van der Waals surface area (Å²) in [5, 5.41) is 13.9. The lowest BCUT2D eigenvalue weighted by atomic mass is 10.1. The van der Waals surface area contributed by atoms with Crippen molar-refractivity contribution in [2.75, 3.05) is 40.9 Å². The molecule has 0 heterocycles. The Balaban J connectivity index is 4.36. The van der Waals surface area contributed by atoms with E-state index in [4.69, 9.17) is 9.05 Å². The minimum Gasteiger partial charge on any atom is -0.387 e. The molecule has 0 fully saturated rings. The molecule has 0 spiro atoms. The second kappa shape index (κ2) is 50.8. The number of nitrogens with zero attached hydrogens (tertiary/aromatic N) is 1. The van der Waals surface area contributed by atoms with E-state index in [1.54, 1.807) is 6.08 Å². The second-order valence-corrected chi connectivity index (χ2v) is 21.0. The first-order valence-corrected chi connectivity index (χ1v) is 29.4. The lowest BCUT2D eigenvalue weighted by molar-refractivity contribution is -0.870. The maximum atomic E-state index is 13.0. The number of allylic oxidation sites excluding steroid dienone is 19. The molecule has 0 aromatic heterocycles. The Kier molecular flexibility index (Phi) is 48.6. The van der Waals surface area contributed by atoms with E-state index in [0.717, 1.165) is 103 Å². The van der Waals surface area contributed by atoms with Gasteiger partial charge in [0.25, 0.3) is 0 Å². The molecule has 1 amide bonds. The predicted octanol–water partition coefficient (Wildman–Crippen LogP) is 17.0. The van der Waals surface area contributed by atoms with Crippen LogP contribution in [0.1, 0.15) is 206 Å². The van der Waals surface area contributed by atoms with Crippen molar-refractivity contribution in [1.82, 2.24) is 5.32 Å². The highest BCUT2D eigenvalue weighted by molar-refractivity contribution is 7.47. The lowest BCUT2D eigenvalue weighted by Gasteiger charge is -2.25. The van der Waals surface area contributed by atoms with Crippen LogP contribution in [0, 0.1) is 0 Å². The molecule has 70 heavy (non-hydrogen) atoms. The zero-order valence-corrected chi connectivity index (χ0v) is 46.4. The summed E-state index contributed by atoms with van der Waals surface area (Å²) in [6.07, 6.45) is 75.8. The van der Waals surface area contributed by atoms with Gasteiger partial charge in [-0.2, -0.15) is 0 Å². The van der Waals surface area contributed by atoms with Crippen LogP contribution in [-0.2, 0) is 18.4 Å². The number of quaternary nitrogens is 1. The van der Waals surface area contributed by atoms with Crippen LogP contribution >= 0.6 is 7.82 Å². The van der Waals surface area contributed by atoms with Crippen molar-refractivity contribution >= 4 is 13.7 Å². The van der Waals surface area contributed by atoms with Crippen LogP contribution < -0.4 is 5.32 Å².